The molecule has 0 aromatic heterocycles. The lowest BCUT2D eigenvalue weighted by atomic mass is 9.88. The summed E-state index contributed by atoms with van der Waals surface area (Å²) in [6.45, 7) is 0. The Bertz CT molecular complexity index is 657. The van der Waals surface area contributed by atoms with Gasteiger partial charge in [0.15, 0.2) is 0 Å². The van der Waals surface area contributed by atoms with E-state index in [-0.39, 0.29) is 5.75 Å². The van der Waals surface area contributed by atoms with Gasteiger partial charge in [-0.1, -0.05) is 17.7 Å². The van der Waals surface area contributed by atoms with E-state index in [4.69, 9.17) is 16.3 Å². The van der Waals surface area contributed by atoms with Crippen molar-refractivity contribution in [1.82, 2.24) is 0 Å². The molecule has 0 heterocycles. The van der Waals surface area contributed by atoms with Gasteiger partial charge in [-0.15, -0.1) is 0 Å². The Morgan fingerprint density at radius 2 is 2.05 bits per heavy atom. The number of hydrogen-bond acceptors (Lipinski definition) is 3. The van der Waals surface area contributed by atoms with Gasteiger partial charge in [0, 0.05) is 11.7 Å². The van der Waals surface area contributed by atoms with Gasteiger partial charge >= 0.3 is 0 Å². The van der Waals surface area contributed by atoms with Crippen LogP contribution in [0.15, 0.2) is 36.4 Å². The molecule has 1 atom stereocenters. The van der Waals surface area contributed by atoms with Crippen molar-refractivity contribution in [2.24, 2.45) is 0 Å². The zero-order chi connectivity index (χ0) is 14.8. The third kappa shape index (κ3) is 3.08. The predicted molar refractivity (Wildman–Crippen MR) is 85.5 cm³/mol. The van der Waals surface area contributed by atoms with Gasteiger partial charge in [-0.05, 0) is 60.7 Å². The third-order valence-electron chi connectivity index (χ3n) is 3.96. The number of nitrogens with one attached hydrogen (secondary N) is 1. The summed E-state index contributed by atoms with van der Waals surface area (Å²) in [7, 11) is 1.69. The summed E-state index contributed by atoms with van der Waals surface area (Å²) in [5.41, 5.74) is 3.68. The van der Waals surface area contributed by atoms with Crippen LogP contribution in [0.4, 0.5) is 5.69 Å². The minimum Gasteiger partial charge on any atom is -0.506 e. The molecular weight excluding hydrogens is 286 g/mol. The molecule has 0 saturated carbocycles. The highest BCUT2D eigenvalue weighted by molar-refractivity contribution is 6.32. The summed E-state index contributed by atoms with van der Waals surface area (Å²) >= 11 is 5.95. The number of ether oxygens (including phenoxy) is 1. The van der Waals surface area contributed by atoms with Crippen molar-refractivity contribution in [3.05, 3.63) is 52.5 Å². The minimum absolute atomic E-state index is 0.112. The number of phenols is 1. The standard InChI is InChI=1S/C17H18ClNO2/c1-21-15-6-3-11-2-4-13(8-12(11)9-15)19-14-5-7-17(20)16(18)10-14/h3,5-7,9-10,13,19-20H,2,4,8H2,1H3. The molecule has 21 heavy (non-hydrogen) atoms. The third-order valence-corrected chi connectivity index (χ3v) is 4.26. The van der Waals surface area contributed by atoms with Crippen LogP contribution in [0.1, 0.15) is 17.5 Å². The highest BCUT2D eigenvalue weighted by Crippen LogP contribution is 2.30. The molecule has 0 amide bonds. The molecule has 2 aromatic rings. The first-order valence-corrected chi connectivity index (χ1v) is 7.44. The first kappa shape index (κ1) is 14.1. The predicted octanol–water partition coefficient (Wildman–Crippen LogP) is 4.02. The van der Waals surface area contributed by atoms with E-state index in [9.17, 15) is 5.11 Å². The maximum Gasteiger partial charge on any atom is 0.134 e. The lowest BCUT2D eigenvalue weighted by Gasteiger charge is -2.27. The smallest absolute Gasteiger partial charge is 0.134 e. The average Bonchev–Trinajstić information content (AvgIpc) is 2.50. The zero-order valence-electron chi connectivity index (χ0n) is 11.9. The highest BCUT2D eigenvalue weighted by atomic mass is 35.5. The van der Waals surface area contributed by atoms with E-state index in [2.05, 4.69) is 17.4 Å². The fraction of sp³-hybridized carbons (Fsp3) is 0.294. The van der Waals surface area contributed by atoms with Crippen molar-refractivity contribution in [2.45, 2.75) is 25.3 Å². The van der Waals surface area contributed by atoms with Crippen LogP contribution in [0.5, 0.6) is 11.5 Å². The van der Waals surface area contributed by atoms with Crippen molar-refractivity contribution < 1.29 is 9.84 Å². The maximum atomic E-state index is 9.46. The van der Waals surface area contributed by atoms with Crippen molar-refractivity contribution >= 4 is 17.3 Å². The second-order valence-corrected chi connectivity index (χ2v) is 5.79. The molecule has 1 aliphatic carbocycles. The number of hydrogen-bond donors (Lipinski definition) is 2. The number of aryl methyl sites for hydroxylation is 1. The highest BCUT2D eigenvalue weighted by Gasteiger charge is 2.19. The van der Waals surface area contributed by atoms with E-state index in [0.29, 0.717) is 11.1 Å². The molecule has 1 aliphatic rings. The summed E-state index contributed by atoms with van der Waals surface area (Å²) in [5, 5.41) is 13.3. The molecule has 0 bridgehead atoms. The van der Waals surface area contributed by atoms with Gasteiger partial charge in [-0.2, -0.15) is 0 Å². The van der Waals surface area contributed by atoms with Crippen LogP contribution in [-0.2, 0) is 12.8 Å². The van der Waals surface area contributed by atoms with Gasteiger partial charge in [-0.3, -0.25) is 0 Å². The van der Waals surface area contributed by atoms with Crippen LogP contribution in [0.2, 0.25) is 5.02 Å². The summed E-state index contributed by atoms with van der Waals surface area (Å²) in [6, 6.07) is 11.9. The largest absolute Gasteiger partial charge is 0.506 e. The fourth-order valence-corrected chi connectivity index (χ4v) is 3.00. The van der Waals surface area contributed by atoms with Crippen LogP contribution in [0, 0.1) is 0 Å². The maximum absolute atomic E-state index is 9.46. The zero-order valence-corrected chi connectivity index (χ0v) is 12.7. The van der Waals surface area contributed by atoms with Gasteiger partial charge in [0.2, 0.25) is 0 Å². The molecule has 0 radical (unpaired) electrons. The molecule has 0 aliphatic heterocycles. The van der Waals surface area contributed by atoms with Crippen LogP contribution in [0.3, 0.4) is 0 Å². The number of fused-ring (bicyclic) bond motifs is 1. The van der Waals surface area contributed by atoms with Crippen LogP contribution >= 0.6 is 11.6 Å². The average molecular weight is 304 g/mol. The first-order chi connectivity index (χ1) is 10.2. The number of benzene rings is 2. The van der Waals surface area contributed by atoms with E-state index in [1.165, 1.54) is 11.1 Å². The molecule has 3 nitrogen and oxygen atoms in total. The first-order valence-electron chi connectivity index (χ1n) is 7.06. The van der Waals surface area contributed by atoms with Crippen LogP contribution in [-0.4, -0.2) is 18.3 Å². The lowest BCUT2D eigenvalue weighted by molar-refractivity contribution is 0.413. The summed E-state index contributed by atoms with van der Waals surface area (Å²) in [6.07, 6.45) is 3.10. The number of halogens is 1. The number of anilines is 1. The molecule has 0 saturated heterocycles. The Hall–Kier alpha value is -1.87. The van der Waals surface area contributed by atoms with E-state index in [1.807, 2.05) is 12.1 Å². The fourth-order valence-electron chi connectivity index (χ4n) is 2.82. The van der Waals surface area contributed by atoms with Crippen molar-refractivity contribution in [2.75, 3.05) is 12.4 Å². The second kappa shape index (κ2) is 5.86. The van der Waals surface area contributed by atoms with Crippen molar-refractivity contribution in [1.29, 1.82) is 0 Å². The van der Waals surface area contributed by atoms with E-state index in [0.717, 1.165) is 30.7 Å². The Morgan fingerprint density at radius 1 is 1.19 bits per heavy atom. The summed E-state index contributed by atoms with van der Waals surface area (Å²) in [4.78, 5) is 0. The van der Waals surface area contributed by atoms with E-state index >= 15 is 0 Å². The second-order valence-electron chi connectivity index (χ2n) is 5.38. The number of rotatable bonds is 3. The minimum atomic E-state index is 0.112. The van der Waals surface area contributed by atoms with Crippen molar-refractivity contribution in [3.8, 4) is 11.5 Å². The Labute approximate surface area is 129 Å². The van der Waals surface area contributed by atoms with Crippen LogP contribution < -0.4 is 10.1 Å². The van der Waals surface area contributed by atoms with Gasteiger partial charge < -0.3 is 15.2 Å². The van der Waals surface area contributed by atoms with Crippen molar-refractivity contribution in [3.63, 3.8) is 0 Å². The topological polar surface area (TPSA) is 41.5 Å². The summed E-state index contributed by atoms with van der Waals surface area (Å²) < 4.78 is 5.30. The molecule has 0 spiro atoms. The molecule has 2 N–H and O–H groups in total. The Balaban J connectivity index is 1.74. The Morgan fingerprint density at radius 3 is 2.81 bits per heavy atom. The summed E-state index contributed by atoms with van der Waals surface area (Å²) in [5.74, 6) is 1.02. The molecule has 2 aromatic carbocycles. The Kier molecular flexibility index (Phi) is 3.93. The number of aromatic hydroxyl groups is 1. The molecule has 3 rings (SSSR count). The number of phenolic OH excluding ortho intramolecular Hbond substituents is 1. The molecular formula is C17H18ClNO2. The van der Waals surface area contributed by atoms with Crippen LogP contribution in [0.25, 0.3) is 0 Å². The van der Waals surface area contributed by atoms with Gasteiger partial charge in [0.1, 0.15) is 11.5 Å². The van der Waals surface area contributed by atoms with Gasteiger partial charge in [0.25, 0.3) is 0 Å². The quantitative estimate of drug-likeness (QED) is 0.841. The number of methoxy groups -OCH3 is 1. The van der Waals surface area contributed by atoms with E-state index in [1.54, 1.807) is 19.2 Å². The van der Waals surface area contributed by atoms with E-state index < -0.39 is 0 Å². The molecule has 0 fully saturated rings. The molecule has 4 heteroatoms. The van der Waals surface area contributed by atoms with Gasteiger partial charge in [-0.25, -0.2) is 0 Å². The monoisotopic (exact) mass is 303 g/mol. The van der Waals surface area contributed by atoms with Gasteiger partial charge in [0.05, 0.1) is 12.1 Å². The normalized spacial score (nSPS) is 17.1. The lowest BCUT2D eigenvalue weighted by Crippen LogP contribution is -2.27. The molecule has 1 unspecified atom stereocenters. The SMILES string of the molecule is COc1ccc2c(c1)CC(Nc1ccc(O)c(Cl)c1)CC2. The molecule has 110 valence electrons.